The van der Waals surface area contributed by atoms with Gasteiger partial charge in [-0.25, -0.2) is 0 Å². The number of nitrogens with zero attached hydrogens (tertiary/aromatic N) is 1. The van der Waals surface area contributed by atoms with Gasteiger partial charge in [-0.1, -0.05) is 6.92 Å². The van der Waals surface area contributed by atoms with Crippen molar-refractivity contribution in [3.63, 3.8) is 0 Å². The van der Waals surface area contributed by atoms with E-state index >= 15 is 0 Å². The van der Waals surface area contributed by atoms with Gasteiger partial charge in [-0.3, -0.25) is 9.18 Å². The summed E-state index contributed by atoms with van der Waals surface area (Å²) in [5.41, 5.74) is 0. The van der Waals surface area contributed by atoms with Crippen LogP contribution in [-0.2, 0) is 4.79 Å². The highest BCUT2D eigenvalue weighted by atomic mass is 19.1. The van der Waals surface area contributed by atoms with Crippen LogP contribution < -0.4 is 0 Å². The zero-order valence-electron chi connectivity index (χ0n) is 10.0. The average molecular weight is 215 g/mol. The van der Waals surface area contributed by atoms with Crippen LogP contribution in [0.2, 0.25) is 0 Å². The SMILES string of the molecule is CC(CCF)CC1CC(=O)N(C(C)C)C1. The molecule has 0 saturated carbocycles. The molecule has 3 heteroatoms. The van der Waals surface area contributed by atoms with Crippen molar-refractivity contribution < 1.29 is 9.18 Å². The first kappa shape index (κ1) is 12.5. The summed E-state index contributed by atoms with van der Waals surface area (Å²) in [6.07, 6.45) is 2.28. The lowest BCUT2D eigenvalue weighted by Crippen LogP contribution is -2.32. The standard InChI is InChI=1S/C12H22FNO/c1-9(2)14-8-11(7-12(14)15)6-10(3)4-5-13/h9-11H,4-8H2,1-3H3. The van der Waals surface area contributed by atoms with Gasteiger partial charge in [0.15, 0.2) is 0 Å². The molecular formula is C12H22FNO. The molecule has 1 heterocycles. The molecule has 1 rings (SSSR count). The van der Waals surface area contributed by atoms with E-state index in [9.17, 15) is 9.18 Å². The second kappa shape index (κ2) is 5.47. The van der Waals surface area contributed by atoms with Gasteiger partial charge < -0.3 is 4.90 Å². The van der Waals surface area contributed by atoms with E-state index in [2.05, 4.69) is 6.92 Å². The van der Waals surface area contributed by atoms with Crippen LogP contribution in [0.5, 0.6) is 0 Å². The van der Waals surface area contributed by atoms with Crippen molar-refractivity contribution in [2.24, 2.45) is 11.8 Å². The number of carbonyl (C=O) groups excluding carboxylic acids is 1. The van der Waals surface area contributed by atoms with E-state index in [1.165, 1.54) is 0 Å². The van der Waals surface area contributed by atoms with Crippen LogP contribution >= 0.6 is 0 Å². The summed E-state index contributed by atoms with van der Waals surface area (Å²) in [5, 5.41) is 0. The minimum absolute atomic E-state index is 0.240. The molecule has 0 N–H and O–H groups in total. The molecule has 0 bridgehead atoms. The highest BCUT2D eigenvalue weighted by Crippen LogP contribution is 2.26. The molecule has 0 aromatic rings. The van der Waals surface area contributed by atoms with Gasteiger partial charge in [-0.05, 0) is 38.5 Å². The predicted octanol–water partition coefficient (Wildman–Crippen LogP) is 2.63. The van der Waals surface area contributed by atoms with Crippen molar-refractivity contribution in [3.05, 3.63) is 0 Å². The molecule has 1 saturated heterocycles. The Bertz CT molecular complexity index is 218. The van der Waals surface area contributed by atoms with Crippen molar-refractivity contribution in [2.75, 3.05) is 13.2 Å². The molecule has 1 aliphatic heterocycles. The van der Waals surface area contributed by atoms with Crippen molar-refractivity contribution in [3.8, 4) is 0 Å². The molecule has 2 atom stereocenters. The quantitative estimate of drug-likeness (QED) is 0.690. The summed E-state index contributed by atoms with van der Waals surface area (Å²) in [7, 11) is 0. The van der Waals surface area contributed by atoms with Gasteiger partial charge in [0, 0.05) is 19.0 Å². The third-order valence-corrected chi connectivity index (χ3v) is 3.20. The van der Waals surface area contributed by atoms with Gasteiger partial charge in [0.25, 0.3) is 0 Å². The second-order valence-corrected chi connectivity index (χ2v) is 5.03. The molecule has 0 spiro atoms. The van der Waals surface area contributed by atoms with Crippen molar-refractivity contribution in [1.29, 1.82) is 0 Å². The minimum atomic E-state index is -0.240. The minimum Gasteiger partial charge on any atom is -0.340 e. The lowest BCUT2D eigenvalue weighted by atomic mass is 9.93. The maximum Gasteiger partial charge on any atom is 0.223 e. The van der Waals surface area contributed by atoms with Gasteiger partial charge in [-0.2, -0.15) is 0 Å². The molecule has 88 valence electrons. The van der Waals surface area contributed by atoms with Crippen molar-refractivity contribution in [1.82, 2.24) is 4.90 Å². The average Bonchev–Trinajstić information content (AvgIpc) is 2.47. The normalized spacial score (nSPS) is 23.9. The van der Waals surface area contributed by atoms with Gasteiger partial charge >= 0.3 is 0 Å². The zero-order chi connectivity index (χ0) is 11.4. The lowest BCUT2D eigenvalue weighted by Gasteiger charge is -2.21. The number of hydrogen-bond donors (Lipinski definition) is 0. The summed E-state index contributed by atoms with van der Waals surface area (Å²) >= 11 is 0. The van der Waals surface area contributed by atoms with E-state index in [1.54, 1.807) is 0 Å². The van der Waals surface area contributed by atoms with Crippen molar-refractivity contribution >= 4 is 5.91 Å². The Balaban J connectivity index is 2.38. The fraction of sp³-hybridized carbons (Fsp3) is 0.917. The first-order chi connectivity index (χ1) is 7.04. The molecule has 2 nitrogen and oxygen atoms in total. The largest absolute Gasteiger partial charge is 0.340 e. The Morgan fingerprint density at radius 1 is 1.47 bits per heavy atom. The van der Waals surface area contributed by atoms with Crippen LogP contribution in [0.25, 0.3) is 0 Å². The summed E-state index contributed by atoms with van der Waals surface area (Å²) in [6, 6.07) is 0.305. The van der Waals surface area contributed by atoms with E-state index in [4.69, 9.17) is 0 Å². The number of carbonyl (C=O) groups is 1. The molecule has 0 aliphatic carbocycles. The summed E-state index contributed by atoms with van der Waals surface area (Å²) in [5.74, 6) is 1.11. The van der Waals surface area contributed by atoms with E-state index in [1.807, 2.05) is 18.7 Å². The number of amides is 1. The van der Waals surface area contributed by atoms with Gasteiger partial charge in [-0.15, -0.1) is 0 Å². The molecule has 2 unspecified atom stereocenters. The van der Waals surface area contributed by atoms with E-state index in [0.717, 1.165) is 13.0 Å². The Hall–Kier alpha value is -0.600. The molecule has 0 radical (unpaired) electrons. The Kier molecular flexibility index (Phi) is 4.55. The van der Waals surface area contributed by atoms with Crippen LogP contribution in [-0.4, -0.2) is 30.1 Å². The van der Waals surface area contributed by atoms with E-state index < -0.39 is 0 Å². The molecule has 1 amide bonds. The van der Waals surface area contributed by atoms with Crippen molar-refractivity contribution in [2.45, 2.75) is 46.1 Å². The van der Waals surface area contributed by atoms with E-state index in [0.29, 0.717) is 30.7 Å². The first-order valence-corrected chi connectivity index (χ1v) is 5.90. The molecule has 0 aromatic carbocycles. The topological polar surface area (TPSA) is 20.3 Å². The van der Waals surface area contributed by atoms with Gasteiger partial charge in [0.1, 0.15) is 0 Å². The third-order valence-electron chi connectivity index (χ3n) is 3.20. The van der Waals surface area contributed by atoms with Gasteiger partial charge in [0.05, 0.1) is 6.67 Å². The number of rotatable bonds is 5. The maximum atomic E-state index is 12.1. The van der Waals surface area contributed by atoms with E-state index in [-0.39, 0.29) is 12.6 Å². The number of alkyl halides is 1. The highest BCUT2D eigenvalue weighted by Gasteiger charge is 2.31. The van der Waals surface area contributed by atoms with Crippen LogP contribution in [0.1, 0.15) is 40.0 Å². The van der Waals surface area contributed by atoms with Gasteiger partial charge in [0.2, 0.25) is 5.91 Å². The smallest absolute Gasteiger partial charge is 0.223 e. The maximum absolute atomic E-state index is 12.1. The Labute approximate surface area is 91.8 Å². The molecule has 1 aliphatic rings. The predicted molar refractivity (Wildman–Crippen MR) is 59.3 cm³/mol. The first-order valence-electron chi connectivity index (χ1n) is 5.90. The second-order valence-electron chi connectivity index (χ2n) is 5.03. The number of hydrogen-bond acceptors (Lipinski definition) is 1. The zero-order valence-corrected chi connectivity index (χ0v) is 10.0. The molecular weight excluding hydrogens is 193 g/mol. The summed E-state index contributed by atoms with van der Waals surface area (Å²) < 4.78 is 12.1. The van der Waals surface area contributed by atoms with Crippen LogP contribution in [0, 0.1) is 11.8 Å². The molecule has 15 heavy (non-hydrogen) atoms. The Morgan fingerprint density at radius 3 is 2.60 bits per heavy atom. The van der Waals surface area contributed by atoms with Crippen LogP contribution in [0.3, 0.4) is 0 Å². The lowest BCUT2D eigenvalue weighted by molar-refractivity contribution is -0.129. The Morgan fingerprint density at radius 2 is 2.13 bits per heavy atom. The molecule has 1 fully saturated rings. The number of halogens is 1. The number of likely N-dealkylation sites (tertiary alicyclic amines) is 1. The highest BCUT2D eigenvalue weighted by molar-refractivity contribution is 5.78. The summed E-state index contributed by atoms with van der Waals surface area (Å²) in [4.78, 5) is 13.6. The monoisotopic (exact) mass is 215 g/mol. The third kappa shape index (κ3) is 3.47. The fourth-order valence-electron chi connectivity index (χ4n) is 2.34. The van der Waals surface area contributed by atoms with Crippen LogP contribution in [0.4, 0.5) is 4.39 Å². The summed E-state index contributed by atoms with van der Waals surface area (Å²) in [6.45, 7) is 6.79. The molecule has 0 aromatic heterocycles. The van der Waals surface area contributed by atoms with Crippen LogP contribution in [0.15, 0.2) is 0 Å². The fourth-order valence-corrected chi connectivity index (χ4v) is 2.34.